The molecule has 0 atom stereocenters. The van der Waals surface area contributed by atoms with Gasteiger partial charge in [-0.3, -0.25) is 0 Å². The lowest BCUT2D eigenvalue weighted by Crippen LogP contribution is -2.52. The van der Waals surface area contributed by atoms with E-state index in [1.54, 1.807) is 18.5 Å². The fourth-order valence-corrected chi connectivity index (χ4v) is 3.39. The summed E-state index contributed by atoms with van der Waals surface area (Å²) in [5.74, 6) is 1.73. The number of hydrogen-bond donors (Lipinski definition) is 1. The third-order valence-corrected chi connectivity index (χ3v) is 4.85. The van der Waals surface area contributed by atoms with Crippen LogP contribution in [0.1, 0.15) is 11.1 Å². The lowest BCUT2D eigenvalue weighted by atomic mass is 10.1. The molecule has 3 heterocycles. The fourth-order valence-electron chi connectivity index (χ4n) is 3.39. The Hall–Kier alpha value is -2.83. The molecule has 26 heavy (non-hydrogen) atoms. The SMILES string of the molecule is O=C(NCCc1ccc2c(c1)CCO2)N1CCN(c2ncccn2)CC1. The van der Waals surface area contributed by atoms with Gasteiger partial charge in [0.1, 0.15) is 5.75 Å². The summed E-state index contributed by atoms with van der Waals surface area (Å²) in [6.07, 6.45) is 5.29. The summed E-state index contributed by atoms with van der Waals surface area (Å²) in [5, 5.41) is 3.03. The summed E-state index contributed by atoms with van der Waals surface area (Å²) >= 11 is 0. The number of carbonyl (C=O) groups is 1. The number of piperazine rings is 1. The minimum atomic E-state index is 0.00289. The molecular formula is C19H23N5O2. The van der Waals surface area contributed by atoms with Gasteiger partial charge in [-0.2, -0.15) is 0 Å². The van der Waals surface area contributed by atoms with Gasteiger partial charge in [0.2, 0.25) is 5.95 Å². The molecular weight excluding hydrogens is 330 g/mol. The molecule has 4 rings (SSSR count). The van der Waals surface area contributed by atoms with Crippen LogP contribution in [-0.4, -0.2) is 60.2 Å². The van der Waals surface area contributed by atoms with Gasteiger partial charge in [-0.1, -0.05) is 12.1 Å². The summed E-state index contributed by atoms with van der Waals surface area (Å²) in [6.45, 7) is 4.28. The fraction of sp³-hybridized carbons (Fsp3) is 0.421. The lowest BCUT2D eigenvalue weighted by molar-refractivity contribution is 0.194. The van der Waals surface area contributed by atoms with Crippen LogP contribution >= 0.6 is 0 Å². The molecule has 2 aliphatic rings. The second-order valence-electron chi connectivity index (χ2n) is 6.55. The molecule has 2 aromatic rings. The molecule has 0 bridgehead atoms. The second-order valence-corrected chi connectivity index (χ2v) is 6.55. The Bertz CT molecular complexity index is 760. The first-order valence-electron chi connectivity index (χ1n) is 9.09. The van der Waals surface area contributed by atoms with Crippen molar-refractivity contribution >= 4 is 12.0 Å². The van der Waals surface area contributed by atoms with Gasteiger partial charge in [-0.25, -0.2) is 14.8 Å². The molecule has 1 N–H and O–H groups in total. The van der Waals surface area contributed by atoms with Gasteiger partial charge in [0.05, 0.1) is 6.61 Å². The van der Waals surface area contributed by atoms with Crippen LogP contribution in [0.3, 0.4) is 0 Å². The number of amides is 2. The summed E-state index contributed by atoms with van der Waals surface area (Å²) in [5.41, 5.74) is 2.51. The van der Waals surface area contributed by atoms with Crippen molar-refractivity contribution in [2.75, 3.05) is 44.2 Å². The predicted molar refractivity (Wildman–Crippen MR) is 98.6 cm³/mol. The van der Waals surface area contributed by atoms with E-state index in [1.165, 1.54) is 11.1 Å². The van der Waals surface area contributed by atoms with E-state index in [4.69, 9.17) is 4.74 Å². The van der Waals surface area contributed by atoms with E-state index in [2.05, 4.69) is 32.3 Å². The standard InChI is InChI=1S/C19H23N5O2/c25-19(22-8-4-15-2-3-17-16(14-15)5-13-26-17)24-11-9-23(10-12-24)18-20-6-1-7-21-18/h1-3,6-7,14H,4-5,8-13H2,(H,22,25). The summed E-state index contributed by atoms with van der Waals surface area (Å²) < 4.78 is 5.53. The summed E-state index contributed by atoms with van der Waals surface area (Å²) in [4.78, 5) is 24.9. The maximum absolute atomic E-state index is 12.4. The van der Waals surface area contributed by atoms with Crippen molar-refractivity contribution in [3.8, 4) is 5.75 Å². The number of ether oxygens (including phenoxy) is 1. The maximum atomic E-state index is 12.4. The first-order chi connectivity index (χ1) is 12.8. The van der Waals surface area contributed by atoms with Crippen molar-refractivity contribution < 1.29 is 9.53 Å². The number of aromatic nitrogens is 2. The largest absolute Gasteiger partial charge is 0.493 e. The Kier molecular flexibility index (Phi) is 4.86. The highest BCUT2D eigenvalue weighted by Gasteiger charge is 2.22. The third-order valence-electron chi connectivity index (χ3n) is 4.85. The Morgan fingerprint density at radius 1 is 1.15 bits per heavy atom. The van der Waals surface area contributed by atoms with Crippen molar-refractivity contribution in [3.63, 3.8) is 0 Å². The topological polar surface area (TPSA) is 70.6 Å². The minimum Gasteiger partial charge on any atom is -0.493 e. The third kappa shape index (κ3) is 3.71. The van der Waals surface area contributed by atoms with E-state index in [1.807, 2.05) is 11.0 Å². The molecule has 7 heteroatoms. The molecule has 2 aliphatic heterocycles. The number of hydrogen-bond acceptors (Lipinski definition) is 5. The van der Waals surface area contributed by atoms with Crippen molar-refractivity contribution in [2.45, 2.75) is 12.8 Å². The van der Waals surface area contributed by atoms with E-state index < -0.39 is 0 Å². The van der Waals surface area contributed by atoms with Crippen molar-refractivity contribution in [1.82, 2.24) is 20.2 Å². The monoisotopic (exact) mass is 353 g/mol. The zero-order valence-corrected chi connectivity index (χ0v) is 14.7. The van der Waals surface area contributed by atoms with Crippen molar-refractivity contribution in [2.24, 2.45) is 0 Å². The van der Waals surface area contributed by atoms with Crippen LogP contribution in [0.5, 0.6) is 5.75 Å². The molecule has 136 valence electrons. The van der Waals surface area contributed by atoms with Gasteiger partial charge in [-0.15, -0.1) is 0 Å². The number of carbonyl (C=O) groups excluding carboxylic acids is 1. The molecule has 0 aliphatic carbocycles. The Balaban J connectivity index is 1.22. The van der Waals surface area contributed by atoms with Crippen molar-refractivity contribution in [3.05, 3.63) is 47.8 Å². The molecule has 0 spiro atoms. The van der Waals surface area contributed by atoms with Gasteiger partial charge in [0.25, 0.3) is 0 Å². The second kappa shape index (κ2) is 7.59. The van der Waals surface area contributed by atoms with Crippen LogP contribution in [-0.2, 0) is 12.8 Å². The molecule has 1 saturated heterocycles. The molecule has 1 aromatic carbocycles. The first-order valence-corrected chi connectivity index (χ1v) is 9.09. The highest BCUT2D eigenvalue weighted by atomic mass is 16.5. The van der Waals surface area contributed by atoms with Gasteiger partial charge in [0.15, 0.2) is 0 Å². The number of anilines is 1. The number of nitrogens with zero attached hydrogens (tertiary/aromatic N) is 4. The van der Waals surface area contributed by atoms with Crippen LogP contribution in [0.4, 0.5) is 10.7 Å². The van der Waals surface area contributed by atoms with E-state index in [9.17, 15) is 4.79 Å². The molecule has 0 radical (unpaired) electrons. The van der Waals surface area contributed by atoms with E-state index >= 15 is 0 Å². The van der Waals surface area contributed by atoms with Gasteiger partial charge >= 0.3 is 6.03 Å². The van der Waals surface area contributed by atoms with E-state index in [0.717, 1.165) is 44.2 Å². The lowest BCUT2D eigenvalue weighted by Gasteiger charge is -2.34. The Morgan fingerprint density at radius 2 is 1.96 bits per heavy atom. The molecule has 2 amide bonds. The van der Waals surface area contributed by atoms with Crippen LogP contribution in [0.2, 0.25) is 0 Å². The number of rotatable bonds is 4. The smallest absolute Gasteiger partial charge is 0.317 e. The van der Waals surface area contributed by atoms with E-state index in [-0.39, 0.29) is 6.03 Å². The van der Waals surface area contributed by atoms with Crippen LogP contribution in [0, 0.1) is 0 Å². The number of nitrogens with one attached hydrogen (secondary N) is 1. The molecule has 1 fully saturated rings. The Labute approximate surface area is 153 Å². The average Bonchev–Trinajstić information content (AvgIpc) is 3.16. The zero-order valence-electron chi connectivity index (χ0n) is 14.7. The average molecular weight is 353 g/mol. The highest BCUT2D eigenvalue weighted by Crippen LogP contribution is 2.25. The number of fused-ring (bicyclic) bond motifs is 1. The quantitative estimate of drug-likeness (QED) is 0.902. The van der Waals surface area contributed by atoms with Crippen LogP contribution in [0.25, 0.3) is 0 Å². The van der Waals surface area contributed by atoms with Crippen LogP contribution in [0.15, 0.2) is 36.7 Å². The highest BCUT2D eigenvalue weighted by molar-refractivity contribution is 5.74. The number of benzene rings is 1. The summed E-state index contributed by atoms with van der Waals surface area (Å²) in [7, 11) is 0. The van der Waals surface area contributed by atoms with Gasteiger partial charge in [0, 0.05) is 51.5 Å². The zero-order chi connectivity index (χ0) is 17.8. The Morgan fingerprint density at radius 3 is 2.77 bits per heavy atom. The first kappa shape index (κ1) is 16.6. The van der Waals surface area contributed by atoms with Crippen LogP contribution < -0.4 is 15.0 Å². The predicted octanol–water partition coefficient (Wildman–Crippen LogP) is 1.49. The normalized spacial score (nSPS) is 16.2. The molecule has 0 saturated carbocycles. The minimum absolute atomic E-state index is 0.00289. The van der Waals surface area contributed by atoms with Gasteiger partial charge in [-0.05, 0) is 29.7 Å². The molecule has 0 unspecified atom stereocenters. The van der Waals surface area contributed by atoms with Crippen molar-refractivity contribution in [1.29, 1.82) is 0 Å². The number of urea groups is 1. The molecule has 7 nitrogen and oxygen atoms in total. The molecule has 1 aromatic heterocycles. The maximum Gasteiger partial charge on any atom is 0.317 e. The summed E-state index contributed by atoms with van der Waals surface area (Å²) in [6, 6.07) is 8.11. The van der Waals surface area contributed by atoms with E-state index in [0.29, 0.717) is 19.6 Å². The van der Waals surface area contributed by atoms with Gasteiger partial charge < -0.3 is 19.9 Å².